The van der Waals surface area contributed by atoms with Crippen LogP contribution in [-0.2, 0) is 27.2 Å². The second-order valence-corrected chi connectivity index (χ2v) is 7.21. The lowest BCUT2D eigenvalue weighted by atomic mass is 9.93. The fourth-order valence-electron chi connectivity index (χ4n) is 4.10. The van der Waals surface area contributed by atoms with E-state index in [1.807, 2.05) is 30.3 Å². The highest BCUT2D eigenvalue weighted by Gasteiger charge is 2.56. The quantitative estimate of drug-likeness (QED) is 0.854. The molecule has 1 saturated carbocycles. The van der Waals surface area contributed by atoms with Crippen molar-refractivity contribution in [2.75, 3.05) is 13.1 Å². The summed E-state index contributed by atoms with van der Waals surface area (Å²) >= 11 is 0. The summed E-state index contributed by atoms with van der Waals surface area (Å²) in [5.41, 5.74) is 1.83. The summed E-state index contributed by atoms with van der Waals surface area (Å²) < 4.78 is 4.02. The number of rotatable bonds is 5. The Balaban J connectivity index is 0.00000113. The summed E-state index contributed by atoms with van der Waals surface area (Å²) in [5, 5.41) is 7.83. The molecule has 1 atom stereocenters. The van der Waals surface area contributed by atoms with E-state index < -0.39 is 0 Å². The summed E-state index contributed by atoms with van der Waals surface area (Å²) in [5.74, 6) is 1.14. The molecule has 25 heavy (non-hydrogen) atoms. The molecule has 6 nitrogen and oxygen atoms in total. The first-order valence-electron chi connectivity index (χ1n) is 8.55. The van der Waals surface area contributed by atoms with E-state index in [-0.39, 0.29) is 24.8 Å². The normalized spacial score (nSPS) is 21.0. The number of nitrogens with zero attached hydrogens (tertiary/aromatic N) is 5. The third-order valence-corrected chi connectivity index (χ3v) is 5.60. The Morgan fingerprint density at radius 1 is 1.24 bits per heavy atom. The lowest BCUT2D eigenvalue weighted by molar-refractivity contribution is 0.182. The average Bonchev–Trinajstić information content (AvgIpc) is 2.85. The first-order valence-corrected chi connectivity index (χ1v) is 8.55. The number of halogens is 2. The number of nitrogens with one attached hydrogen (secondary N) is 1. The largest absolute Gasteiger partial charge is 0.337 e. The van der Waals surface area contributed by atoms with E-state index in [0.29, 0.717) is 11.5 Å². The maximum absolute atomic E-state index is 4.53. The van der Waals surface area contributed by atoms with Gasteiger partial charge in [-0.25, -0.2) is 4.98 Å². The Labute approximate surface area is 161 Å². The molecule has 1 saturated heterocycles. The first kappa shape index (κ1) is 20.2. The molecule has 4 rings (SSSR count). The van der Waals surface area contributed by atoms with Crippen molar-refractivity contribution in [2.24, 2.45) is 19.5 Å². The summed E-state index contributed by atoms with van der Waals surface area (Å²) in [6, 6.07) is 0.682. The number of hydrogen-bond acceptors (Lipinski definition) is 4. The van der Waals surface area contributed by atoms with E-state index in [1.165, 1.54) is 37.9 Å². The maximum Gasteiger partial charge on any atom is 0.122 e. The third kappa shape index (κ3) is 4.19. The van der Waals surface area contributed by atoms with Crippen LogP contribution in [0.5, 0.6) is 0 Å². The van der Waals surface area contributed by atoms with Crippen molar-refractivity contribution in [3.8, 4) is 0 Å². The van der Waals surface area contributed by atoms with Gasteiger partial charge in [0.15, 0.2) is 0 Å². The van der Waals surface area contributed by atoms with Gasteiger partial charge in [-0.2, -0.15) is 5.10 Å². The molecule has 1 aliphatic heterocycles. The van der Waals surface area contributed by atoms with Crippen LogP contribution in [0, 0.1) is 5.41 Å². The van der Waals surface area contributed by atoms with Crippen molar-refractivity contribution in [1.82, 2.24) is 29.5 Å². The minimum Gasteiger partial charge on any atom is -0.337 e. The van der Waals surface area contributed by atoms with E-state index in [0.717, 1.165) is 18.9 Å². The van der Waals surface area contributed by atoms with Crippen LogP contribution >= 0.6 is 24.8 Å². The molecule has 2 fully saturated rings. The van der Waals surface area contributed by atoms with Crippen molar-refractivity contribution < 1.29 is 0 Å². The molecule has 140 valence electrons. The van der Waals surface area contributed by atoms with Crippen molar-refractivity contribution in [3.05, 3.63) is 36.2 Å². The zero-order valence-corrected chi connectivity index (χ0v) is 16.5. The highest BCUT2D eigenvalue weighted by atomic mass is 35.5. The van der Waals surface area contributed by atoms with Gasteiger partial charge in [0, 0.05) is 50.8 Å². The standard InChI is InChI=1S/C17H26N6.2ClH/c1-21-8-7-19-16(21)13-23(12-14-10-20-22(2)11-14)15-9-17(15)3-5-18-6-4-17;;/h7-8,10-11,15,18H,3-6,9,12-13H2,1-2H3;2*1H. The van der Waals surface area contributed by atoms with E-state index in [1.54, 1.807) is 0 Å². The molecule has 1 aliphatic carbocycles. The number of imidazole rings is 1. The Bertz CT molecular complexity index is 676. The minimum absolute atomic E-state index is 0. The summed E-state index contributed by atoms with van der Waals surface area (Å²) in [7, 11) is 4.07. The van der Waals surface area contributed by atoms with Crippen molar-refractivity contribution in [1.29, 1.82) is 0 Å². The van der Waals surface area contributed by atoms with Crippen LogP contribution in [0.2, 0.25) is 0 Å². The Hall–Kier alpha value is -1.08. The van der Waals surface area contributed by atoms with Gasteiger partial charge < -0.3 is 9.88 Å². The van der Waals surface area contributed by atoms with E-state index in [9.17, 15) is 0 Å². The van der Waals surface area contributed by atoms with Gasteiger partial charge in [-0.15, -0.1) is 24.8 Å². The van der Waals surface area contributed by atoms with Gasteiger partial charge in [0.05, 0.1) is 12.7 Å². The van der Waals surface area contributed by atoms with Gasteiger partial charge >= 0.3 is 0 Å². The molecule has 3 heterocycles. The number of aromatic nitrogens is 4. The van der Waals surface area contributed by atoms with Crippen molar-refractivity contribution in [3.63, 3.8) is 0 Å². The Kier molecular flexibility index (Phi) is 6.54. The Morgan fingerprint density at radius 2 is 2.00 bits per heavy atom. The number of piperidine rings is 1. The third-order valence-electron chi connectivity index (χ3n) is 5.60. The molecule has 2 aromatic heterocycles. The van der Waals surface area contributed by atoms with E-state index in [2.05, 4.69) is 38.1 Å². The molecule has 8 heteroatoms. The molecule has 2 aliphatic rings. The molecule has 2 aromatic rings. The summed E-state index contributed by atoms with van der Waals surface area (Å²) in [6.07, 6.45) is 12.0. The van der Waals surface area contributed by atoms with Gasteiger partial charge in [-0.3, -0.25) is 9.58 Å². The molecular weight excluding hydrogens is 359 g/mol. The second kappa shape index (κ2) is 8.08. The van der Waals surface area contributed by atoms with Gasteiger partial charge in [-0.1, -0.05) is 0 Å². The van der Waals surface area contributed by atoms with Crippen molar-refractivity contribution >= 4 is 24.8 Å². The zero-order valence-electron chi connectivity index (χ0n) is 14.9. The smallest absolute Gasteiger partial charge is 0.122 e. The van der Waals surface area contributed by atoms with Crippen LogP contribution < -0.4 is 5.32 Å². The second-order valence-electron chi connectivity index (χ2n) is 7.21. The van der Waals surface area contributed by atoms with Crippen LogP contribution in [0.15, 0.2) is 24.8 Å². The molecule has 0 amide bonds. The topological polar surface area (TPSA) is 50.9 Å². The molecule has 1 unspecified atom stereocenters. The minimum atomic E-state index is 0. The summed E-state index contributed by atoms with van der Waals surface area (Å²) in [6.45, 7) is 4.21. The zero-order chi connectivity index (χ0) is 15.9. The SMILES string of the molecule is Cl.Cl.Cn1cc(CN(Cc2nccn2C)C2CC23CCNCC3)cn1. The number of aryl methyl sites for hydroxylation is 2. The highest BCUT2D eigenvalue weighted by Crippen LogP contribution is 2.56. The van der Waals surface area contributed by atoms with Gasteiger partial charge in [0.25, 0.3) is 0 Å². The number of hydrogen-bond donors (Lipinski definition) is 1. The van der Waals surface area contributed by atoms with Gasteiger partial charge in [0.1, 0.15) is 5.82 Å². The van der Waals surface area contributed by atoms with E-state index >= 15 is 0 Å². The summed E-state index contributed by atoms with van der Waals surface area (Å²) in [4.78, 5) is 7.15. The van der Waals surface area contributed by atoms with Gasteiger partial charge in [0.2, 0.25) is 0 Å². The van der Waals surface area contributed by atoms with Crippen LogP contribution in [0.4, 0.5) is 0 Å². The van der Waals surface area contributed by atoms with Crippen LogP contribution in [0.25, 0.3) is 0 Å². The first-order chi connectivity index (χ1) is 11.2. The van der Waals surface area contributed by atoms with Crippen LogP contribution in [0.3, 0.4) is 0 Å². The monoisotopic (exact) mass is 386 g/mol. The Morgan fingerprint density at radius 3 is 2.60 bits per heavy atom. The van der Waals surface area contributed by atoms with Crippen LogP contribution in [0.1, 0.15) is 30.7 Å². The molecular formula is C17H28Cl2N6. The van der Waals surface area contributed by atoms with Crippen molar-refractivity contribution in [2.45, 2.75) is 38.4 Å². The fourth-order valence-corrected chi connectivity index (χ4v) is 4.10. The lowest BCUT2D eigenvalue weighted by Crippen LogP contribution is -2.36. The maximum atomic E-state index is 4.53. The van der Waals surface area contributed by atoms with E-state index in [4.69, 9.17) is 0 Å². The predicted octanol–water partition coefficient (Wildman–Crippen LogP) is 2.14. The molecule has 0 bridgehead atoms. The molecule has 0 aromatic carbocycles. The molecule has 1 N–H and O–H groups in total. The average molecular weight is 387 g/mol. The molecule has 1 spiro atoms. The van der Waals surface area contributed by atoms with Crippen LogP contribution in [-0.4, -0.2) is 43.4 Å². The lowest BCUT2D eigenvalue weighted by Gasteiger charge is -2.29. The fraction of sp³-hybridized carbons (Fsp3) is 0.647. The van der Waals surface area contributed by atoms with Gasteiger partial charge in [-0.05, 0) is 37.8 Å². The highest BCUT2D eigenvalue weighted by molar-refractivity contribution is 5.85. The molecule has 0 radical (unpaired) electrons. The predicted molar refractivity (Wildman–Crippen MR) is 103 cm³/mol.